The van der Waals surface area contributed by atoms with Crippen molar-refractivity contribution in [2.24, 2.45) is 0 Å². The Bertz CT molecular complexity index is 242. The Morgan fingerprint density at radius 1 is 1.24 bits per heavy atom. The van der Waals surface area contributed by atoms with Crippen molar-refractivity contribution in [1.29, 1.82) is 0 Å². The lowest BCUT2D eigenvalue weighted by Crippen LogP contribution is -2.32. The Morgan fingerprint density at radius 2 is 1.82 bits per heavy atom. The van der Waals surface area contributed by atoms with E-state index in [9.17, 15) is 9.00 Å². The maximum atomic E-state index is 11.7. The summed E-state index contributed by atoms with van der Waals surface area (Å²) < 4.78 is 11.5. The van der Waals surface area contributed by atoms with Gasteiger partial charge in [-0.15, -0.1) is 12.4 Å². The van der Waals surface area contributed by atoms with Crippen LogP contribution in [0.3, 0.4) is 0 Å². The molecule has 4 nitrogen and oxygen atoms in total. The molecule has 17 heavy (non-hydrogen) atoms. The number of amides is 1. The highest BCUT2D eigenvalue weighted by Crippen LogP contribution is 2.10. The molecular weight excluding hydrogens is 260 g/mol. The normalized spacial score (nSPS) is 12.7. The second-order valence-electron chi connectivity index (χ2n) is 4.72. The number of hydrogen-bond donors (Lipinski definition) is 2. The van der Waals surface area contributed by atoms with Crippen molar-refractivity contribution >= 4 is 29.1 Å². The zero-order chi connectivity index (χ0) is 12.6. The van der Waals surface area contributed by atoms with Crippen LogP contribution in [0.5, 0.6) is 0 Å². The second kappa shape index (κ2) is 9.85. The third-order valence-corrected chi connectivity index (χ3v) is 4.06. The average molecular weight is 285 g/mol. The van der Waals surface area contributed by atoms with E-state index in [0.29, 0.717) is 18.7 Å². The molecule has 0 heterocycles. The Balaban J connectivity index is 0. The lowest BCUT2D eigenvalue weighted by Gasteiger charge is -2.17. The monoisotopic (exact) mass is 284 g/mol. The maximum Gasteiger partial charge on any atom is 0.220 e. The first-order valence-corrected chi connectivity index (χ1v) is 6.99. The Morgan fingerprint density at radius 3 is 2.29 bits per heavy atom. The second-order valence-corrected chi connectivity index (χ2v) is 7.04. The van der Waals surface area contributed by atoms with Gasteiger partial charge in [0.05, 0.1) is 0 Å². The fourth-order valence-corrected chi connectivity index (χ4v) is 2.00. The van der Waals surface area contributed by atoms with E-state index < -0.39 is 10.8 Å². The predicted octanol–water partition coefficient (Wildman–Crippen LogP) is 1.07. The summed E-state index contributed by atoms with van der Waals surface area (Å²) in [6.07, 6.45) is 1.37. The van der Waals surface area contributed by atoms with Crippen LogP contribution in [0, 0.1) is 0 Å². The van der Waals surface area contributed by atoms with Gasteiger partial charge in [-0.3, -0.25) is 9.00 Å². The first-order chi connectivity index (χ1) is 7.38. The number of nitrogens with one attached hydrogen (secondary N) is 2. The lowest BCUT2D eigenvalue weighted by molar-refractivity contribution is -0.121. The standard InChI is InChI=1S/C11H24N2O2S.ClH/c1-11(2,3)16(15)9-8-13-10(14)6-5-7-12-4;/h12H,5-9H2,1-4H3,(H,13,14);1H. The van der Waals surface area contributed by atoms with Crippen LogP contribution in [0.1, 0.15) is 33.6 Å². The van der Waals surface area contributed by atoms with E-state index >= 15 is 0 Å². The number of carbonyl (C=O) groups excluding carboxylic acids is 1. The summed E-state index contributed by atoms with van der Waals surface area (Å²) >= 11 is 0. The van der Waals surface area contributed by atoms with Crippen molar-refractivity contribution in [1.82, 2.24) is 10.6 Å². The molecule has 6 heteroatoms. The van der Waals surface area contributed by atoms with Crippen molar-refractivity contribution in [3.63, 3.8) is 0 Å². The van der Waals surface area contributed by atoms with Crippen molar-refractivity contribution < 1.29 is 9.00 Å². The summed E-state index contributed by atoms with van der Waals surface area (Å²) in [5.41, 5.74) is 0. The smallest absolute Gasteiger partial charge is 0.220 e. The van der Waals surface area contributed by atoms with Gasteiger partial charge >= 0.3 is 0 Å². The Labute approximate surface area is 113 Å². The molecule has 0 aliphatic carbocycles. The highest BCUT2D eigenvalue weighted by Gasteiger charge is 2.18. The van der Waals surface area contributed by atoms with Crippen LogP contribution >= 0.6 is 12.4 Å². The number of carbonyl (C=O) groups is 1. The molecule has 0 saturated heterocycles. The molecule has 0 rings (SSSR count). The third kappa shape index (κ3) is 10.7. The molecule has 0 saturated carbocycles. The van der Waals surface area contributed by atoms with Gasteiger partial charge in [0.2, 0.25) is 5.91 Å². The Kier molecular flexibility index (Phi) is 11.1. The van der Waals surface area contributed by atoms with Crippen LogP contribution in [0.15, 0.2) is 0 Å². The number of hydrogen-bond acceptors (Lipinski definition) is 3. The summed E-state index contributed by atoms with van der Waals surface area (Å²) in [6.45, 7) is 7.18. The molecule has 1 atom stereocenters. The first kappa shape index (κ1) is 19.2. The first-order valence-electron chi connectivity index (χ1n) is 5.67. The zero-order valence-electron chi connectivity index (χ0n) is 11.2. The molecule has 0 spiro atoms. The minimum Gasteiger partial charge on any atom is -0.355 e. The van der Waals surface area contributed by atoms with Gasteiger partial charge in [0.15, 0.2) is 0 Å². The van der Waals surface area contributed by atoms with Gasteiger partial charge in [0.25, 0.3) is 0 Å². The molecule has 104 valence electrons. The van der Waals surface area contributed by atoms with Gasteiger partial charge in [-0.2, -0.15) is 0 Å². The molecular formula is C11H25ClN2O2S. The molecule has 0 radical (unpaired) electrons. The van der Waals surface area contributed by atoms with Crippen molar-refractivity contribution in [2.75, 3.05) is 25.9 Å². The van der Waals surface area contributed by atoms with E-state index in [-0.39, 0.29) is 23.1 Å². The summed E-state index contributed by atoms with van der Waals surface area (Å²) in [4.78, 5) is 11.3. The summed E-state index contributed by atoms with van der Waals surface area (Å²) in [7, 11) is 0.977. The van der Waals surface area contributed by atoms with Crippen LogP contribution in [-0.2, 0) is 15.6 Å². The highest BCUT2D eigenvalue weighted by molar-refractivity contribution is 7.86. The molecule has 2 N–H and O–H groups in total. The van der Waals surface area contributed by atoms with E-state index in [4.69, 9.17) is 0 Å². The van der Waals surface area contributed by atoms with Crippen LogP contribution in [0.4, 0.5) is 0 Å². The summed E-state index contributed by atoms with van der Waals surface area (Å²) in [5, 5.41) is 5.77. The maximum absolute atomic E-state index is 11.7. The number of rotatable bonds is 7. The summed E-state index contributed by atoms with van der Waals surface area (Å²) in [5.74, 6) is 0.572. The molecule has 0 aliphatic heterocycles. The predicted molar refractivity (Wildman–Crippen MR) is 76.2 cm³/mol. The molecule has 0 fully saturated rings. The summed E-state index contributed by atoms with van der Waals surface area (Å²) in [6, 6.07) is 0. The van der Waals surface area contributed by atoms with Gasteiger partial charge in [-0.1, -0.05) is 0 Å². The average Bonchev–Trinajstić information content (AvgIpc) is 2.16. The SMILES string of the molecule is CNCCCC(=O)NCCS(=O)C(C)(C)C.Cl. The van der Waals surface area contributed by atoms with E-state index in [1.165, 1.54) is 0 Å². The topological polar surface area (TPSA) is 58.2 Å². The van der Waals surface area contributed by atoms with Gasteiger partial charge in [-0.05, 0) is 40.8 Å². The van der Waals surface area contributed by atoms with Gasteiger partial charge in [0, 0.05) is 34.3 Å². The van der Waals surface area contributed by atoms with Gasteiger partial charge < -0.3 is 10.6 Å². The molecule has 0 aromatic carbocycles. The molecule has 0 aliphatic rings. The van der Waals surface area contributed by atoms with E-state index in [1.54, 1.807) is 0 Å². The fraction of sp³-hybridized carbons (Fsp3) is 0.909. The van der Waals surface area contributed by atoms with E-state index in [1.807, 2.05) is 27.8 Å². The number of halogens is 1. The lowest BCUT2D eigenvalue weighted by atomic mass is 10.3. The van der Waals surface area contributed by atoms with Crippen LogP contribution in [-0.4, -0.2) is 40.8 Å². The largest absolute Gasteiger partial charge is 0.355 e. The quantitative estimate of drug-likeness (QED) is 0.688. The van der Waals surface area contributed by atoms with Crippen LogP contribution in [0.2, 0.25) is 0 Å². The zero-order valence-corrected chi connectivity index (χ0v) is 12.8. The van der Waals surface area contributed by atoms with Crippen molar-refractivity contribution in [2.45, 2.75) is 38.4 Å². The molecule has 1 unspecified atom stereocenters. The van der Waals surface area contributed by atoms with Crippen molar-refractivity contribution in [3.05, 3.63) is 0 Å². The molecule has 0 aromatic rings. The van der Waals surface area contributed by atoms with E-state index in [2.05, 4.69) is 10.6 Å². The van der Waals surface area contributed by atoms with Gasteiger partial charge in [0.1, 0.15) is 0 Å². The molecule has 0 bridgehead atoms. The highest BCUT2D eigenvalue weighted by atomic mass is 35.5. The van der Waals surface area contributed by atoms with Crippen LogP contribution in [0.25, 0.3) is 0 Å². The van der Waals surface area contributed by atoms with Crippen molar-refractivity contribution in [3.8, 4) is 0 Å². The van der Waals surface area contributed by atoms with E-state index in [0.717, 1.165) is 13.0 Å². The Hall–Kier alpha value is -0.130. The molecule has 0 aromatic heterocycles. The minimum absolute atomic E-state index is 0. The third-order valence-electron chi connectivity index (χ3n) is 2.12. The fourth-order valence-electron chi connectivity index (χ4n) is 1.10. The molecule has 1 amide bonds. The van der Waals surface area contributed by atoms with Gasteiger partial charge in [-0.25, -0.2) is 0 Å². The minimum atomic E-state index is -0.888. The van der Waals surface area contributed by atoms with Crippen LogP contribution < -0.4 is 10.6 Å².